The number of nitrogens with zero attached hydrogens (tertiary/aromatic N) is 2. The molecule has 2 heterocycles. The van der Waals surface area contributed by atoms with Gasteiger partial charge >= 0.3 is 6.03 Å². The fraction of sp³-hybridized carbons (Fsp3) is 0.273. The van der Waals surface area contributed by atoms with Crippen molar-refractivity contribution in [3.63, 3.8) is 0 Å². The van der Waals surface area contributed by atoms with Crippen molar-refractivity contribution >= 4 is 11.9 Å². The topological polar surface area (TPSA) is 71.1 Å². The van der Waals surface area contributed by atoms with Gasteiger partial charge in [-0.05, 0) is 23.8 Å². The Balaban J connectivity index is 1.73. The molecule has 2 aliphatic heterocycles. The van der Waals surface area contributed by atoms with Gasteiger partial charge in [-0.1, -0.05) is 30.3 Å². The number of carbonyl (C=O) groups excluding carboxylic acids is 2. The van der Waals surface area contributed by atoms with Crippen LogP contribution < -0.4 is 14.8 Å². The summed E-state index contributed by atoms with van der Waals surface area (Å²) < 4.78 is 10.8. The Hall–Kier alpha value is -3.48. The van der Waals surface area contributed by atoms with Crippen LogP contribution in [-0.2, 0) is 11.3 Å². The number of ether oxygens (including phenoxy) is 2. The summed E-state index contributed by atoms with van der Waals surface area (Å²) in [6.07, 6.45) is 0. The van der Waals surface area contributed by atoms with Gasteiger partial charge in [-0.15, -0.1) is 0 Å². The molecule has 7 nitrogen and oxygen atoms in total. The highest BCUT2D eigenvalue weighted by Gasteiger charge is 2.43. The first-order valence-electron chi connectivity index (χ1n) is 9.36. The van der Waals surface area contributed by atoms with Gasteiger partial charge < -0.3 is 19.7 Å². The molecule has 0 aromatic heterocycles. The van der Waals surface area contributed by atoms with Gasteiger partial charge in [0.1, 0.15) is 11.5 Å². The van der Waals surface area contributed by atoms with Gasteiger partial charge in [0.05, 0.1) is 38.1 Å². The molecule has 0 spiro atoms. The van der Waals surface area contributed by atoms with Crippen molar-refractivity contribution in [1.29, 1.82) is 0 Å². The molecule has 7 heteroatoms. The summed E-state index contributed by atoms with van der Waals surface area (Å²) in [4.78, 5) is 29.3. The molecule has 0 radical (unpaired) electrons. The molecule has 3 amide bonds. The molecule has 0 saturated heterocycles. The van der Waals surface area contributed by atoms with Crippen molar-refractivity contribution in [3.05, 3.63) is 70.9 Å². The number of methoxy groups -OCH3 is 2. The van der Waals surface area contributed by atoms with Gasteiger partial charge in [0, 0.05) is 19.2 Å². The Labute approximate surface area is 169 Å². The summed E-state index contributed by atoms with van der Waals surface area (Å²) in [5, 5.41) is 2.94. The van der Waals surface area contributed by atoms with Gasteiger partial charge in [-0.2, -0.15) is 0 Å². The van der Waals surface area contributed by atoms with E-state index in [0.717, 1.165) is 5.56 Å². The fourth-order valence-electron chi connectivity index (χ4n) is 3.85. The van der Waals surface area contributed by atoms with E-state index in [1.165, 1.54) is 4.90 Å². The largest absolute Gasteiger partial charge is 0.497 e. The molecule has 2 aromatic carbocycles. The van der Waals surface area contributed by atoms with Crippen LogP contribution in [0.4, 0.5) is 4.79 Å². The van der Waals surface area contributed by atoms with E-state index < -0.39 is 6.04 Å². The Bertz CT molecular complexity index is 987. The van der Waals surface area contributed by atoms with Crippen molar-refractivity contribution in [3.8, 4) is 11.5 Å². The van der Waals surface area contributed by atoms with E-state index >= 15 is 0 Å². The summed E-state index contributed by atoms with van der Waals surface area (Å²) in [6.45, 7) is 0.867. The van der Waals surface area contributed by atoms with Gasteiger partial charge in [0.2, 0.25) is 0 Å². The predicted octanol–water partition coefficient (Wildman–Crippen LogP) is 2.70. The van der Waals surface area contributed by atoms with E-state index in [4.69, 9.17) is 9.47 Å². The van der Waals surface area contributed by atoms with Gasteiger partial charge in [-0.25, -0.2) is 4.79 Å². The van der Waals surface area contributed by atoms with E-state index in [2.05, 4.69) is 5.32 Å². The van der Waals surface area contributed by atoms with Crippen LogP contribution in [-0.4, -0.2) is 49.6 Å². The molecule has 29 heavy (non-hydrogen) atoms. The first kappa shape index (κ1) is 18.9. The van der Waals surface area contributed by atoms with Crippen molar-refractivity contribution in [1.82, 2.24) is 15.1 Å². The zero-order valence-electron chi connectivity index (χ0n) is 16.6. The molecule has 150 valence electrons. The summed E-state index contributed by atoms with van der Waals surface area (Å²) in [5.41, 5.74) is 3.01. The number of hydrogen-bond donors (Lipinski definition) is 1. The molecule has 0 unspecified atom stereocenters. The zero-order chi connectivity index (χ0) is 20.5. The normalized spacial score (nSPS) is 18.7. The van der Waals surface area contributed by atoms with E-state index in [0.29, 0.717) is 41.4 Å². The Morgan fingerprint density at radius 2 is 1.83 bits per heavy atom. The van der Waals surface area contributed by atoms with Crippen LogP contribution in [0.25, 0.3) is 0 Å². The van der Waals surface area contributed by atoms with Gasteiger partial charge in [0.15, 0.2) is 0 Å². The highest BCUT2D eigenvalue weighted by molar-refractivity contribution is 6.01. The minimum atomic E-state index is -0.605. The number of amides is 3. The lowest BCUT2D eigenvalue weighted by Crippen LogP contribution is -2.45. The Morgan fingerprint density at radius 3 is 2.52 bits per heavy atom. The number of benzene rings is 2. The molecule has 0 bridgehead atoms. The number of likely N-dealkylation sites (N-methyl/N-ethyl adjacent to an activating group) is 1. The summed E-state index contributed by atoms with van der Waals surface area (Å²) in [6, 6.07) is 14.3. The van der Waals surface area contributed by atoms with Crippen LogP contribution >= 0.6 is 0 Å². The Morgan fingerprint density at radius 1 is 1.07 bits per heavy atom. The number of rotatable bonds is 5. The molecule has 4 rings (SSSR count). The van der Waals surface area contributed by atoms with Crippen molar-refractivity contribution in [2.24, 2.45) is 0 Å². The lowest BCUT2D eigenvalue weighted by atomic mass is 9.94. The minimum Gasteiger partial charge on any atom is -0.497 e. The predicted molar refractivity (Wildman–Crippen MR) is 107 cm³/mol. The minimum absolute atomic E-state index is 0.0921. The highest BCUT2D eigenvalue weighted by Crippen LogP contribution is 2.40. The van der Waals surface area contributed by atoms with Crippen molar-refractivity contribution in [2.45, 2.75) is 12.6 Å². The molecular formula is C22H23N3O4. The van der Waals surface area contributed by atoms with Crippen molar-refractivity contribution < 1.29 is 19.1 Å². The van der Waals surface area contributed by atoms with Crippen LogP contribution in [0.5, 0.6) is 11.5 Å². The second kappa shape index (κ2) is 7.50. The van der Waals surface area contributed by atoms with Crippen LogP contribution in [0.2, 0.25) is 0 Å². The number of hydrogen-bond acceptors (Lipinski definition) is 4. The van der Waals surface area contributed by atoms with Crippen LogP contribution in [0.3, 0.4) is 0 Å². The molecular weight excluding hydrogens is 370 g/mol. The maximum absolute atomic E-state index is 13.4. The fourth-order valence-corrected chi connectivity index (χ4v) is 3.85. The molecule has 0 fully saturated rings. The third-order valence-corrected chi connectivity index (χ3v) is 5.40. The molecule has 2 aliphatic rings. The lowest BCUT2D eigenvalue weighted by Gasteiger charge is -2.31. The average Bonchev–Trinajstić information content (AvgIpc) is 3.07. The second-order valence-corrected chi connectivity index (χ2v) is 7.06. The van der Waals surface area contributed by atoms with Crippen molar-refractivity contribution in [2.75, 3.05) is 27.8 Å². The Kier molecular flexibility index (Phi) is 4.88. The molecule has 0 aliphatic carbocycles. The maximum Gasteiger partial charge on any atom is 0.322 e. The first-order chi connectivity index (χ1) is 14.0. The highest BCUT2D eigenvalue weighted by atomic mass is 16.5. The first-order valence-corrected chi connectivity index (χ1v) is 9.36. The summed E-state index contributed by atoms with van der Waals surface area (Å²) >= 11 is 0. The molecule has 2 aromatic rings. The van der Waals surface area contributed by atoms with Crippen LogP contribution in [0.1, 0.15) is 17.2 Å². The summed E-state index contributed by atoms with van der Waals surface area (Å²) in [7, 11) is 4.82. The van der Waals surface area contributed by atoms with Gasteiger partial charge in [0.25, 0.3) is 5.91 Å². The van der Waals surface area contributed by atoms with E-state index in [9.17, 15) is 9.59 Å². The summed E-state index contributed by atoms with van der Waals surface area (Å²) in [5.74, 6) is 1.12. The third-order valence-electron chi connectivity index (χ3n) is 5.40. The third kappa shape index (κ3) is 3.29. The maximum atomic E-state index is 13.4. The van der Waals surface area contributed by atoms with E-state index in [-0.39, 0.29) is 11.9 Å². The molecule has 1 N–H and O–H groups in total. The standard InChI is InChI=1S/C22H23N3O4/c1-24-17-13-25(12-14-7-5-4-6-8-14)21(26)19(17)20(23-22(24)27)16-11-15(28-2)9-10-18(16)29-3/h4-11,20H,12-13H2,1-3H3,(H,23,27)/t20-/m1/s1. The SMILES string of the molecule is COc1ccc(OC)c([C@H]2NC(=O)N(C)C3=C2C(=O)N(Cc2ccccc2)C3)c1. The quantitative estimate of drug-likeness (QED) is 0.848. The number of carbonyl (C=O) groups is 2. The molecule has 1 atom stereocenters. The molecule has 0 saturated carbocycles. The average molecular weight is 393 g/mol. The zero-order valence-corrected chi connectivity index (χ0v) is 16.6. The van der Waals surface area contributed by atoms with E-state index in [1.807, 2.05) is 30.3 Å². The number of nitrogens with one attached hydrogen (secondary N) is 1. The monoisotopic (exact) mass is 393 g/mol. The lowest BCUT2D eigenvalue weighted by molar-refractivity contribution is -0.126. The van der Waals surface area contributed by atoms with Gasteiger partial charge in [-0.3, -0.25) is 9.69 Å². The number of urea groups is 1. The second-order valence-electron chi connectivity index (χ2n) is 7.06. The van der Waals surface area contributed by atoms with Crippen LogP contribution in [0, 0.1) is 0 Å². The smallest absolute Gasteiger partial charge is 0.322 e. The van der Waals surface area contributed by atoms with E-state index in [1.54, 1.807) is 44.4 Å². The van der Waals surface area contributed by atoms with Crippen LogP contribution in [0.15, 0.2) is 59.8 Å².